The number of hydrogen-bond donors (Lipinski definition) is 3. The molecule has 2 fully saturated rings. The molecule has 4 nitrogen and oxygen atoms in total. The first-order chi connectivity index (χ1) is 15.3. The predicted octanol–water partition coefficient (Wildman–Crippen LogP) is 6.85. The Labute approximate surface area is 196 Å². The fourth-order valence-corrected chi connectivity index (χ4v) is 7.86. The van der Waals surface area contributed by atoms with Gasteiger partial charge in [0.1, 0.15) is 0 Å². The second-order valence-corrected chi connectivity index (χ2v) is 12.2. The van der Waals surface area contributed by atoms with Gasteiger partial charge in [-0.05, 0) is 103 Å². The van der Waals surface area contributed by atoms with E-state index in [2.05, 4.69) is 45.9 Å². The molecule has 0 bridgehead atoms. The molecule has 4 heteroatoms. The zero-order chi connectivity index (χ0) is 24.1. The Morgan fingerprint density at radius 3 is 2.30 bits per heavy atom. The highest BCUT2D eigenvalue weighted by molar-refractivity contribution is 5.98. The summed E-state index contributed by atoms with van der Waals surface area (Å²) < 4.78 is 0. The lowest BCUT2D eigenvalue weighted by Crippen LogP contribution is -2.59. The van der Waals surface area contributed by atoms with Crippen molar-refractivity contribution in [1.82, 2.24) is 0 Å². The normalized spacial score (nSPS) is 37.3. The van der Waals surface area contributed by atoms with Gasteiger partial charge in [-0.3, -0.25) is 4.79 Å². The van der Waals surface area contributed by atoms with Crippen LogP contribution < -0.4 is 0 Å². The molecule has 0 heterocycles. The maximum Gasteiger partial charge on any atom is 0.309 e. The Hall–Kier alpha value is -2.49. The van der Waals surface area contributed by atoms with Gasteiger partial charge in [0.05, 0.1) is 5.41 Å². The van der Waals surface area contributed by atoms with Crippen LogP contribution in [-0.2, 0) is 10.2 Å². The summed E-state index contributed by atoms with van der Waals surface area (Å²) in [7, 11) is 0. The molecule has 2 aromatic rings. The molecule has 2 aromatic carbocycles. The summed E-state index contributed by atoms with van der Waals surface area (Å²) in [6.07, 6.45) is 9.09. The quantitative estimate of drug-likeness (QED) is 0.417. The van der Waals surface area contributed by atoms with Crippen LogP contribution in [-0.4, -0.2) is 21.3 Å². The summed E-state index contributed by atoms with van der Waals surface area (Å²) in [5, 5.41) is 32.7. The number of fused-ring (bicyclic) bond motifs is 7. The van der Waals surface area contributed by atoms with Gasteiger partial charge in [-0.2, -0.15) is 0 Å². The molecular formula is C29H36O4. The highest BCUT2D eigenvalue weighted by Crippen LogP contribution is 2.69. The van der Waals surface area contributed by atoms with E-state index in [-0.39, 0.29) is 33.7 Å². The van der Waals surface area contributed by atoms with Crippen LogP contribution in [0.1, 0.15) is 82.1 Å². The van der Waals surface area contributed by atoms with Crippen LogP contribution in [0.15, 0.2) is 18.2 Å². The van der Waals surface area contributed by atoms with E-state index in [1.807, 2.05) is 13.8 Å². The first kappa shape index (κ1) is 22.3. The molecule has 3 aliphatic carbocycles. The molecule has 0 radical (unpaired) electrons. The number of allylic oxidation sites excluding steroid dienone is 1. The standard InChI is InChI=1S/C29H36O4/c1-16-13-19-17(2)24(31)21(30)14-20(19)18-7-8-28(5)22-15-27(4,25(32)33)10-9-26(22,3)11-12-29(28,6)23(16)18/h7-8,13-14,22,30-31H,9-12,15H2,1-6H3,(H,32,33). The first-order valence-corrected chi connectivity index (χ1v) is 12.2. The van der Waals surface area contributed by atoms with Crippen LogP contribution in [0.4, 0.5) is 0 Å². The number of rotatable bonds is 1. The number of aromatic hydroxyl groups is 2. The zero-order valence-electron chi connectivity index (χ0n) is 20.7. The molecule has 0 amide bonds. The third kappa shape index (κ3) is 2.67. The lowest BCUT2D eigenvalue weighted by Gasteiger charge is -2.65. The van der Waals surface area contributed by atoms with Crippen molar-refractivity contribution in [3.8, 4) is 11.5 Å². The molecule has 0 aliphatic heterocycles. The molecule has 3 N–H and O–H groups in total. The third-order valence-corrected chi connectivity index (χ3v) is 10.4. The van der Waals surface area contributed by atoms with E-state index >= 15 is 0 Å². The lowest BCUT2D eigenvalue weighted by molar-refractivity contribution is -0.161. The Morgan fingerprint density at radius 2 is 1.64 bits per heavy atom. The maximum absolute atomic E-state index is 12.2. The Balaban J connectivity index is 1.75. The smallest absolute Gasteiger partial charge is 0.309 e. The van der Waals surface area contributed by atoms with Crippen molar-refractivity contribution >= 4 is 22.8 Å². The van der Waals surface area contributed by atoms with E-state index in [1.54, 1.807) is 6.07 Å². The second kappa shape index (κ2) is 6.55. The third-order valence-electron chi connectivity index (χ3n) is 10.4. The molecule has 33 heavy (non-hydrogen) atoms. The van der Waals surface area contributed by atoms with Crippen LogP contribution in [0.3, 0.4) is 0 Å². The van der Waals surface area contributed by atoms with Gasteiger partial charge in [0.25, 0.3) is 0 Å². The van der Waals surface area contributed by atoms with Gasteiger partial charge in [0.15, 0.2) is 11.5 Å². The Morgan fingerprint density at radius 1 is 0.970 bits per heavy atom. The summed E-state index contributed by atoms with van der Waals surface area (Å²) in [5.41, 5.74) is 3.48. The van der Waals surface area contributed by atoms with Gasteiger partial charge < -0.3 is 15.3 Å². The summed E-state index contributed by atoms with van der Waals surface area (Å²) in [5.74, 6) is -0.540. The fourth-order valence-electron chi connectivity index (χ4n) is 7.86. The average Bonchev–Trinajstić information content (AvgIpc) is 2.75. The van der Waals surface area contributed by atoms with E-state index < -0.39 is 11.4 Å². The van der Waals surface area contributed by atoms with E-state index in [0.29, 0.717) is 12.0 Å². The highest BCUT2D eigenvalue weighted by atomic mass is 16.4. The van der Waals surface area contributed by atoms with Gasteiger partial charge in [0, 0.05) is 11.0 Å². The minimum absolute atomic E-state index is 0.0544. The monoisotopic (exact) mass is 448 g/mol. The van der Waals surface area contributed by atoms with Crippen molar-refractivity contribution in [3.05, 3.63) is 40.5 Å². The molecule has 0 aromatic heterocycles. The van der Waals surface area contributed by atoms with Crippen molar-refractivity contribution < 1.29 is 20.1 Å². The molecule has 5 unspecified atom stereocenters. The number of aliphatic carboxylic acids is 1. The minimum Gasteiger partial charge on any atom is -0.504 e. The number of phenols is 2. The van der Waals surface area contributed by atoms with Crippen LogP contribution >= 0.6 is 0 Å². The number of benzene rings is 2. The molecular weight excluding hydrogens is 412 g/mol. The molecule has 3 aliphatic rings. The second-order valence-electron chi connectivity index (χ2n) is 12.2. The van der Waals surface area contributed by atoms with E-state index in [0.717, 1.165) is 42.0 Å². The topological polar surface area (TPSA) is 77.8 Å². The molecule has 2 saturated carbocycles. The number of carbonyl (C=O) groups is 1. The molecule has 0 spiro atoms. The van der Waals surface area contributed by atoms with Crippen molar-refractivity contribution in [2.45, 2.75) is 79.1 Å². The Kier molecular flexibility index (Phi) is 4.43. The molecule has 5 rings (SSSR count). The summed E-state index contributed by atoms with van der Waals surface area (Å²) in [6, 6.07) is 3.85. The summed E-state index contributed by atoms with van der Waals surface area (Å²) in [6.45, 7) is 13.0. The minimum atomic E-state index is -0.682. The van der Waals surface area contributed by atoms with Gasteiger partial charge in [-0.15, -0.1) is 0 Å². The number of aryl methyl sites for hydroxylation is 2. The predicted molar refractivity (Wildman–Crippen MR) is 132 cm³/mol. The largest absolute Gasteiger partial charge is 0.504 e. The van der Waals surface area contributed by atoms with Crippen molar-refractivity contribution in [1.29, 1.82) is 0 Å². The van der Waals surface area contributed by atoms with E-state index in [4.69, 9.17) is 0 Å². The van der Waals surface area contributed by atoms with Gasteiger partial charge in [-0.25, -0.2) is 0 Å². The van der Waals surface area contributed by atoms with Crippen LogP contribution in [0.2, 0.25) is 0 Å². The fraction of sp³-hybridized carbons (Fsp3) is 0.552. The number of carboxylic acids is 1. The maximum atomic E-state index is 12.2. The molecule has 176 valence electrons. The average molecular weight is 449 g/mol. The first-order valence-electron chi connectivity index (χ1n) is 12.2. The van der Waals surface area contributed by atoms with E-state index in [1.165, 1.54) is 11.1 Å². The molecule has 0 saturated heterocycles. The van der Waals surface area contributed by atoms with Gasteiger partial charge in [-0.1, -0.05) is 39.0 Å². The zero-order valence-corrected chi connectivity index (χ0v) is 20.7. The Bertz CT molecular complexity index is 1240. The van der Waals surface area contributed by atoms with E-state index in [9.17, 15) is 20.1 Å². The van der Waals surface area contributed by atoms with Crippen LogP contribution in [0.25, 0.3) is 16.8 Å². The summed E-state index contributed by atoms with van der Waals surface area (Å²) >= 11 is 0. The molecule has 5 atom stereocenters. The van der Waals surface area contributed by atoms with Crippen LogP contribution in [0.5, 0.6) is 11.5 Å². The summed E-state index contributed by atoms with van der Waals surface area (Å²) in [4.78, 5) is 12.2. The highest BCUT2D eigenvalue weighted by Gasteiger charge is 2.63. The van der Waals surface area contributed by atoms with Gasteiger partial charge in [0.2, 0.25) is 0 Å². The number of hydrogen-bond acceptors (Lipinski definition) is 3. The SMILES string of the molecule is Cc1cc2c(C)c(O)c(O)cc2c2c1C1(C)CCC3(C)CCC(C)(C(=O)O)CC3C1(C)C=C2. The van der Waals surface area contributed by atoms with Crippen molar-refractivity contribution in [3.63, 3.8) is 0 Å². The van der Waals surface area contributed by atoms with Crippen molar-refractivity contribution in [2.24, 2.45) is 22.2 Å². The van der Waals surface area contributed by atoms with Crippen LogP contribution in [0, 0.1) is 36.0 Å². The van der Waals surface area contributed by atoms with Crippen molar-refractivity contribution in [2.75, 3.05) is 0 Å². The van der Waals surface area contributed by atoms with Gasteiger partial charge >= 0.3 is 5.97 Å². The number of carboxylic acid groups (broad SMARTS) is 1. The number of phenolic OH excluding ortho intramolecular Hbond substituents is 2. The lowest BCUT2D eigenvalue weighted by atomic mass is 9.38.